The molecule has 5 heteroatoms. The molecule has 0 fully saturated rings. The van der Waals surface area contributed by atoms with Crippen LogP contribution in [0.25, 0.3) is 53.0 Å². The molecule has 0 amide bonds. The molecule has 6 rings (SSSR count). The molecule has 25 heavy (non-hydrogen) atoms. The monoisotopic (exact) mass is 380 g/mol. The number of aromatic nitrogens is 2. The third-order valence-corrected chi connectivity index (χ3v) is 7.99. The molecule has 0 radical (unpaired) electrons. The van der Waals surface area contributed by atoms with Crippen molar-refractivity contribution in [1.82, 2.24) is 9.13 Å². The summed E-state index contributed by atoms with van der Waals surface area (Å²) in [6, 6.07) is 4.59. The van der Waals surface area contributed by atoms with Gasteiger partial charge in [0.05, 0.1) is 21.3 Å². The minimum Gasteiger partial charge on any atom is -0.338 e. The standard InChI is InChI=1S/C20H16N2S3/c1-3-21-14-6-8-24-19(14)16-13-10-23-9-12(13)15-11-5-7-25-20(11)22(4-2)17(15)18(16)21/h5-10H,3-4H2,1-2H3. The van der Waals surface area contributed by atoms with Gasteiger partial charge in [0.25, 0.3) is 0 Å². The molecule has 124 valence electrons. The molecule has 0 bridgehead atoms. The zero-order valence-corrected chi connectivity index (χ0v) is 16.4. The molecule has 0 aliphatic heterocycles. The summed E-state index contributed by atoms with van der Waals surface area (Å²) in [6.07, 6.45) is 0. The fraction of sp³-hybridized carbons (Fsp3) is 0.200. The maximum atomic E-state index is 2.53. The molecule has 0 atom stereocenters. The van der Waals surface area contributed by atoms with Gasteiger partial charge >= 0.3 is 0 Å². The summed E-state index contributed by atoms with van der Waals surface area (Å²) in [4.78, 5) is 1.41. The van der Waals surface area contributed by atoms with Crippen LogP contribution in [0.1, 0.15) is 13.8 Å². The summed E-state index contributed by atoms with van der Waals surface area (Å²) in [6.45, 7) is 6.55. The van der Waals surface area contributed by atoms with Gasteiger partial charge in [-0.3, -0.25) is 0 Å². The van der Waals surface area contributed by atoms with Crippen LogP contribution in [0.4, 0.5) is 0 Å². The first-order valence-corrected chi connectivity index (χ1v) is 11.3. The Balaban J connectivity index is 2.10. The van der Waals surface area contributed by atoms with Gasteiger partial charge in [-0.25, -0.2) is 0 Å². The van der Waals surface area contributed by atoms with E-state index in [1.54, 1.807) is 0 Å². The van der Waals surface area contributed by atoms with Crippen LogP contribution in [-0.4, -0.2) is 9.13 Å². The molecule has 0 saturated heterocycles. The molecular weight excluding hydrogens is 364 g/mol. The van der Waals surface area contributed by atoms with Gasteiger partial charge in [0.2, 0.25) is 0 Å². The highest BCUT2D eigenvalue weighted by Crippen LogP contribution is 2.47. The first-order chi connectivity index (χ1) is 12.3. The smallest absolute Gasteiger partial charge is 0.103 e. The fourth-order valence-electron chi connectivity index (χ4n) is 4.46. The predicted molar refractivity (Wildman–Crippen MR) is 115 cm³/mol. The fourth-order valence-corrected chi connectivity index (χ4v) is 7.22. The van der Waals surface area contributed by atoms with Gasteiger partial charge in [0.15, 0.2) is 0 Å². The number of hydrogen-bond donors (Lipinski definition) is 0. The molecular formula is C20H16N2S3. The summed E-state index contributed by atoms with van der Waals surface area (Å²) >= 11 is 5.57. The lowest BCUT2D eigenvalue weighted by molar-refractivity contribution is 0.811. The van der Waals surface area contributed by atoms with Gasteiger partial charge in [-0.15, -0.1) is 22.7 Å². The Hall–Kier alpha value is -1.82. The summed E-state index contributed by atoms with van der Waals surface area (Å²) in [5, 5.41) is 16.3. The summed E-state index contributed by atoms with van der Waals surface area (Å²) in [5.41, 5.74) is 4.24. The second kappa shape index (κ2) is 4.87. The Bertz CT molecular complexity index is 1310. The van der Waals surface area contributed by atoms with Crippen molar-refractivity contribution in [2.75, 3.05) is 0 Å². The number of benzene rings is 1. The van der Waals surface area contributed by atoms with E-state index in [9.17, 15) is 0 Å². The molecule has 1 aromatic carbocycles. The quantitative estimate of drug-likeness (QED) is 0.299. The average molecular weight is 381 g/mol. The second-order valence-electron chi connectivity index (χ2n) is 6.41. The average Bonchev–Trinajstić information content (AvgIpc) is 3.38. The van der Waals surface area contributed by atoms with Crippen molar-refractivity contribution < 1.29 is 0 Å². The predicted octanol–water partition coefficient (Wildman–Crippen LogP) is 7.28. The number of aryl methyl sites for hydroxylation is 2. The van der Waals surface area contributed by atoms with Crippen LogP contribution in [0.2, 0.25) is 0 Å². The van der Waals surface area contributed by atoms with Crippen molar-refractivity contribution >= 4 is 87.0 Å². The van der Waals surface area contributed by atoms with E-state index in [4.69, 9.17) is 0 Å². The highest BCUT2D eigenvalue weighted by Gasteiger charge is 2.23. The summed E-state index contributed by atoms with van der Waals surface area (Å²) < 4.78 is 6.50. The molecule has 0 aliphatic carbocycles. The molecule has 0 unspecified atom stereocenters. The highest BCUT2D eigenvalue weighted by molar-refractivity contribution is 7.18. The second-order valence-corrected chi connectivity index (χ2v) is 8.96. The van der Waals surface area contributed by atoms with Crippen LogP contribution in [0, 0.1) is 0 Å². The van der Waals surface area contributed by atoms with E-state index in [1.807, 2.05) is 34.0 Å². The van der Waals surface area contributed by atoms with Gasteiger partial charge in [-0.05, 0) is 47.5 Å². The topological polar surface area (TPSA) is 9.86 Å². The molecule has 0 aliphatic rings. The van der Waals surface area contributed by atoms with Crippen molar-refractivity contribution in [2.24, 2.45) is 0 Å². The van der Waals surface area contributed by atoms with Gasteiger partial charge in [0, 0.05) is 40.0 Å². The third kappa shape index (κ3) is 1.56. The van der Waals surface area contributed by atoms with E-state index in [2.05, 4.69) is 56.6 Å². The SMILES string of the molecule is CCn1c2ccsc2c2c3cscc3c3c4ccsc4n(CC)c3c21. The van der Waals surface area contributed by atoms with Crippen molar-refractivity contribution in [3.8, 4) is 0 Å². The minimum atomic E-state index is 1.00. The van der Waals surface area contributed by atoms with Crippen LogP contribution in [0.15, 0.2) is 33.7 Å². The molecule has 5 aromatic heterocycles. The van der Waals surface area contributed by atoms with Crippen LogP contribution < -0.4 is 0 Å². The number of hydrogen-bond acceptors (Lipinski definition) is 3. The normalized spacial score (nSPS) is 12.7. The van der Waals surface area contributed by atoms with Crippen LogP contribution >= 0.6 is 34.0 Å². The first kappa shape index (κ1) is 14.4. The summed E-state index contributed by atoms with van der Waals surface area (Å²) in [7, 11) is 0. The Morgan fingerprint density at radius 3 is 2.32 bits per heavy atom. The van der Waals surface area contributed by atoms with Gasteiger partial charge < -0.3 is 9.13 Å². The molecule has 5 heterocycles. The van der Waals surface area contributed by atoms with E-state index in [-0.39, 0.29) is 0 Å². The zero-order chi connectivity index (χ0) is 16.7. The van der Waals surface area contributed by atoms with Gasteiger partial charge in [-0.1, -0.05) is 0 Å². The van der Waals surface area contributed by atoms with E-state index in [0.29, 0.717) is 0 Å². The lowest BCUT2D eigenvalue weighted by Gasteiger charge is -2.09. The third-order valence-electron chi connectivity index (χ3n) is 5.39. The largest absolute Gasteiger partial charge is 0.338 e. The maximum absolute atomic E-state index is 2.53. The van der Waals surface area contributed by atoms with Crippen LogP contribution in [0.5, 0.6) is 0 Å². The van der Waals surface area contributed by atoms with Crippen LogP contribution in [-0.2, 0) is 13.1 Å². The number of nitrogens with zero attached hydrogens (tertiary/aromatic N) is 2. The maximum Gasteiger partial charge on any atom is 0.103 e. The number of thiophene rings is 3. The molecule has 0 N–H and O–H groups in total. The molecule has 2 nitrogen and oxygen atoms in total. The van der Waals surface area contributed by atoms with Crippen molar-refractivity contribution in [2.45, 2.75) is 26.9 Å². The zero-order valence-electron chi connectivity index (χ0n) is 14.0. The number of fused-ring (bicyclic) bond motifs is 10. The Morgan fingerprint density at radius 1 is 0.800 bits per heavy atom. The van der Waals surface area contributed by atoms with Crippen molar-refractivity contribution in [3.05, 3.63) is 33.7 Å². The molecule has 0 spiro atoms. The highest BCUT2D eigenvalue weighted by atomic mass is 32.1. The number of rotatable bonds is 2. The lowest BCUT2D eigenvalue weighted by Crippen LogP contribution is -1.98. The van der Waals surface area contributed by atoms with Crippen molar-refractivity contribution in [3.63, 3.8) is 0 Å². The van der Waals surface area contributed by atoms with E-state index >= 15 is 0 Å². The van der Waals surface area contributed by atoms with Crippen LogP contribution in [0.3, 0.4) is 0 Å². The first-order valence-electron chi connectivity index (χ1n) is 8.61. The molecule has 6 aromatic rings. The Morgan fingerprint density at radius 2 is 1.52 bits per heavy atom. The summed E-state index contributed by atoms with van der Waals surface area (Å²) in [5.74, 6) is 0. The lowest BCUT2D eigenvalue weighted by atomic mass is 10.0. The van der Waals surface area contributed by atoms with E-state index in [0.717, 1.165) is 13.1 Å². The van der Waals surface area contributed by atoms with Gasteiger partial charge in [0.1, 0.15) is 4.83 Å². The van der Waals surface area contributed by atoms with Crippen molar-refractivity contribution in [1.29, 1.82) is 0 Å². The Kier molecular flexibility index (Phi) is 2.80. The minimum absolute atomic E-state index is 1.00. The Labute approximate surface area is 156 Å². The molecule has 0 saturated carbocycles. The van der Waals surface area contributed by atoms with Gasteiger partial charge in [-0.2, -0.15) is 11.3 Å². The van der Waals surface area contributed by atoms with E-state index in [1.165, 1.54) is 53.0 Å². The van der Waals surface area contributed by atoms with E-state index < -0.39 is 0 Å².